The van der Waals surface area contributed by atoms with Gasteiger partial charge in [-0.15, -0.1) is 0 Å². The molecular weight excluding hydrogens is 669 g/mol. The van der Waals surface area contributed by atoms with Crippen LogP contribution in [0.2, 0.25) is 0 Å². The smallest absolute Gasteiger partial charge is 0.306 e. The van der Waals surface area contributed by atoms with Crippen molar-refractivity contribution in [2.45, 2.75) is 271 Å². The Bertz CT molecular complexity index is 780. The van der Waals surface area contributed by atoms with Gasteiger partial charge in [-0.1, -0.05) is 219 Å². The van der Waals surface area contributed by atoms with Gasteiger partial charge in [0, 0.05) is 19.4 Å². The zero-order chi connectivity index (χ0) is 39.3. The number of unbranched alkanes of at least 4 members (excludes halogenated alkanes) is 32. The summed E-state index contributed by atoms with van der Waals surface area (Å²) >= 11 is 0. The van der Waals surface area contributed by atoms with Gasteiger partial charge in [0.05, 0.1) is 6.61 Å². The van der Waals surface area contributed by atoms with E-state index < -0.39 is 6.10 Å². The molecule has 0 aromatic heterocycles. The SMILES string of the molecule is CCCCCCCC/C=C\CCCCCCCCCC(=O)OCC(COCCCCCCCCCC)OC(=O)CCCCCCCCCCCCCCC. The van der Waals surface area contributed by atoms with Crippen molar-refractivity contribution in [3.63, 3.8) is 0 Å². The first-order chi connectivity index (χ1) is 26.6. The van der Waals surface area contributed by atoms with Crippen LogP contribution in [0.25, 0.3) is 0 Å². The summed E-state index contributed by atoms with van der Waals surface area (Å²) in [7, 11) is 0. The fourth-order valence-electron chi connectivity index (χ4n) is 7.15. The normalized spacial score (nSPS) is 12.1. The van der Waals surface area contributed by atoms with Gasteiger partial charge in [0.25, 0.3) is 0 Å². The molecule has 0 fully saturated rings. The molecule has 0 aliphatic heterocycles. The number of hydrogen-bond donors (Lipinski definition) is 0. The Morgan fingerprint density at radius 2 is 0.722 bits per heavy atom. The number of hydrogen-bond acceptors (Lipinski definition) is 5. The summed E-state index contributed by atoms with van der Waals surface area (Å²) in [6.07, 6.45) is 50.7. The van der Waals surface area contributed by atoms with E-state index in [0.717, 1.165) is 32.1 Å². The summed E-state index contributed by atoms with van der Waals surface area (Å²) in [5.74, 6) is -0.387. The molecule has 1 unspecified atom stereocenters. The van der Waals surface area contributed by atoms with E-state index in [2.05, 4.69) is 32.9 Å². The quantitative estimate of drug-likeness (QED) is 0.0351. The zero-order valence-corrected chi connectivity index (χ0v) is 36.8. The van der Waals surface area contributed by atoms with E-state index in [1.807, 2.05) is 0 Å². The fraction of sp³-hybridized carbons (Fsp3) is 0.918. The van der Waals surface area contributed by atoms with Crippen LogP contribution in [0.5, 0.6) is 0 Å². The molecule has 0 rings (SSSR count). The van der Waals surface area contributed by atoms with Crippen LogP contribution in [0, 0.1) is 0 Å². The molecule has 0 heterocycles. The molecule has 0 saturated heterocycles. The third kappa shape index (κ3) is 43.4. The molecule has 5 nitrogen and oxygen atoms in total. The molecular formula is C49H94O5. The minimum Gasteiger partial charge on any atom is -0.462 e. The van der Waals surface area contributed by atoms with Crippen molar-refractivity contribution in [1.29, 1.82) is 0 Å². The maximum atomic E-state index is 12.7. The molecule has 0 saturated carbocycles. The van der Waals surface area contributed by atoms with Gasteiger partial charge in [0.1, 0.15) is 6.61 Å². The lowest BCUT2D eigenvalue weighted by Crippen LogP contribution is -2.30. The van der Waals surface area contributed by atoms with Crippen LogP contribution in [0.15, 0.2) is 12.2 Å². The number of ether oxygens (including phenoxy) is 3. The van der Waals surface area contributed by atoms with Crippen LogP contribution < -0.4 is 0 Å². The Labute approximate surface area is 337 Å². The summed E-state index contributed by atoms with van der Waals surface area (Å²) in [6, 6.07) is 0. The molecule has 320 valence electrons. The Morgan fingerprint density at radius 1 is 0.389 bits per heavy atom. The topological polar surface area (TPSA) is 61.8 Å². The molecule has 0 bridgehead atoms. The molecule has 0 radical (unpaired) electrons. The summed E-state index contributed by atoms with van der Waals surface area (Å²) in [6.45, 7) is 7.85. The third-order valence-corrected chi connectivity index (χ3v) is 10.8. The number of carbonyl (C=O) groups is 2. The highest BCUT2D eigenvalue weighted by Gasteiger charge is 2.17. The van der Waals surface area contributed by atoms with Crippen LogP contribution in [0.4, 0.5) is 0 Å². The lowest BCUT2D eigenvalue weighted by molar-refractivity contribution is -0.163. The van der Waals surface area contributed by atoms with Gasteiger partial charge in [0.2, 0.25) is 0 Å². The predicted molar refractivity (Wildman–Crippen MR) is 233 cm³/mol. The first kappa shape index (κ1) is 52.6. The van der Waals surface area contributed by atoms with E-state index >= 15 is 0 Å². The first-order valence-corrected chi connectivity index (χ1v) is 24.2. The number of carbonyl (C=O) groups excluding carboxylic acids is 2. The summed E-state index contributed by atoms with van der Waals surface area (Å²) in [4.78, 5) is 25.2. The van der Waals surface area contributed by atoms with Gasteiger partial charge in [-0.25, -0.2) is 0 Å². The highest BCUT2D eigenvalue weighted by Crippen LogP contribution is 2.15. The van der Waals surface area contributed by atoms with Crippen molar-refractivity contribution >= 4 is 11.9 Å². The second-order valence-corrected chi connectivity index (χ2v) is 16.4. The van der Waals surface area contributed by atoms with Crippen LogP contribution in [0.3, 0.4) is 0 Å². The Morgan fingerprint density at radius 3 is 1.13 bits per heavy atom. The summed E-state index contributed by atoms with van der Waals surface area (Å²) in [5.41, 5.74) is 0. The first-order valence-electron chi connectivity index (χ1n) is 24.2. The molecule has 0 aromatic rings. The molecule has 5 heteroatoms. The molecule has 0 aliphatic rings. The van der Waals surface area contributed by atoms with Crippen LogP contribution in [-0.4, -0.2) is 37.9 Å². The van der Waals surface area contributed by atoms with E-state index in [0.29, 0.717) is 26.1 Å². The maximum Gasteiger partial charge on any atom is 0.306 e. The van der Waals surface area contributed by atoms with E-state index in [1.54, 1.807) is 0 Å². The van der Waals surface area contributed by atoms with Crippen molar-refractivity contribution < 1.29 is 23.8 Å². The van der Waals surface area contributed by atoms with E-state index in [4.69, 9.17) is 14.2 Å². The minimum atomic E-state index is -0.525. The lowest BCUT2D eigenvalue weighted by Gasteiger charge is -2.18. The van der Waals surface area contributed by atoms with Crippen LogP contribution in [-0.2, 0) is 23.8 Å². The summed E-state index contributed by atoms with van der Waals surface area (Å²) < 4.78 is 17.3. The lowest BCUT2D eigenvalue weighted by atomic mass is 10.0. The van der Waals surface area contributed by atoms with Gasteiger partial charge in [0.15, 0.2) is 6.10 Å². The van der Waals surface area contributed by atoms with Crippen molar-refractivity contribution in [2.75, 3.05) is 19.8 Å². The number of allylic oxidation sites excluding steroid dienone is 2. The minimum absolute atomic E-state index is 0.0913. The molecule has 0 amide bonds. The van der Waals surface area contributed by atoms with Crippen molar-refractivity contribution in [2.24, 2.45) is 0 Å². The molecule has 0 aliphatic carbocycles. The maximum absolute atomic E-state index is 12.7. The molecule has 0 aromatic carbocycles. The fourth-order valence-corrected chi connectivity index (χ4v) is 7.15. The van der Waals surface area contributed by atoms with Gasteiger partial charge < -0.3 is 14.2 Å². The van der Waals surface area contributed by atoms with E-state index in [1.165, 1.54) is 199 Å². The van der Waals surface area contributed by atoms with Crippen molar-refractivity contribution in [1.82, 2.24) is 0 Å². The van der Waals surface area contributed by atoms with Crippen LogP contribution in [0.1, 0.15) is 265 Å². The van der Waals surface area contributed by atoms with Gasteiger partial charge >= 0.3 is 11.9 Å². The van der Waals surface area contributed by atoms with E-state index in [9.17, 15) is 9.59 Å². The van der Waals surface area contributed by atoms with Gasteiger partial charge in [-0.2, -0.15) is 0 Å². The van der Waals surface area contributed by atoms with Gasteiger partial charge in [-0.3, -0.25) is 9.59 Å². The highest BCUT2D eigenvalue weighted by atomic mass is 16.6. The number of rotatable bonds is 45. The third-order valence-electron chi connectivity index (χ3n) is 10.8. The Kier molecular flexibility index (Phi) is 44.9. The van der Waals surface area contributed by atoms with Crippen molar-refractivity contribution in [3.8, 4) is 0 Å². The predicted octanol–water partition coefficient (Wildman–Crippen LogP) is 15.9. The molecule has 54 heavy (non-hydrogen) atoms. The zero-order valence-electron chi connectivity index (χ0n) is 36.8. The second kappa shape index (κ2) is 46.0. The average molecular weight is 763 g/mol. The second-order valence-electron chi connectivity index (χ2n) is 16.4. The largest absolute Gasteiger partial charge is 0.462 e. The molecule has 0 N–H and O–H groups in total. The Balaban J connectivity index is 4.12. The Hall–Kier alpha value is -1.36. The highest BCUT2D eigenvalue weighted by molar-refractivity contribution is 5.70. The average Bonchev–Trinajstić information content (AvgIpc) is 3.17. The van der Waals surface area contributed by atoms with Crippen LogP contribution >= 0.6 is 0 Å². The van der Waals surface area contributed by atoms with Gasteiger partial charge in [-0.05, 0) is 44.9 Å². The molecule has 0 spiro atoms. The standard InChI is InChI=1S/C49H94O5/c1-4-7-10-13-16-19-21-23-24-25-26-28-29-31-33-36-39-42-48(50)53-46-47(45-52-44-41-38-35-18-15-12-9-6-3)54-49(51)43-40-37-34-32-30-27-22-20-17-14-11-8-5-2/h23-24,47H,4-22,25-46H2,1-3H3/b24-23-. The number of esters is 2. The van der Waals surface area contributed by atoms with E-state index in [-0.39, 0.29) is 18.5 Å². The summed E-state index contributed by atoms with van der Waals surface area (Å²) in [5, 5.41) is 0. The van der Waals surface area contributed by atoms with Crippen molar-refractivity contribution in [3.05, 3.63) is 12.2 Å². The monoisotopic (exact) mass is 763 g/mol. The molecule has 1 atom stereocenters.